The molecule has 21 heavy (non-hydrogen) atoms. The van der Waals surface area contributed by atoms with Crippen LogP contribution in [0.1, 0.15) is 67.5 Å². The largest absolute Gasteiger partial charge is 0.386 e. The topological polar surface area (TPSA) is 59.1 Å². The third-order valence-corrected chi connectivity index (χ3v) is 5.72. The molecule has 3 aliphatic carbocycles. The molecule has 4 rings (SSSR count). The monoisotopic (exact) mass is 308 g/mol. The van der Waals surface area contributed by atoms with Gasteiger partial charge < -0.3 is 10.8 Å². The number of hydrogen-bond acceptors (Lipinski definition) is 3. The molecule has 0 amide bonds. The highest BCUT2D eigenvalue weighted by molar-refractivity contribution is 5.85. The molecule has 4 unspecified atom stereocenters. The number of aromatic nitrogens is 1. The first-order valence-corrected chi connectivity index (χ1v) is 8.14. The highest BCUT2D eigenvalue weighted by Gasteiger charge is 2.44. The summed E-state index contributed by atoms with van der Waals surface area (Å²) in [5, 5.41) is 10.9. The van der Waals surface area contributed by atoms with E-state index in [1.807, 2.05) is 6.07 Å². The molecule has 1 heterocycles. The molecule has 3 aliphatic rings. The van der Waals surface area contributed by atoms with Crippen LogP contribution in [0.5, 0.6) is 0 Å². The van der Waals surface area contributed by atoms with Crippen molar-refractivity contribution in [3.63, 3.8) is 0 Å². The Balaban J connectivity index is 0.00000132. The zero-order chi connectivity index (χ0) is 13.7. The van der Waals surface area contributed by atoms with Gasteiger partial charge in [-0.2, -0.15) is 0 Å². The second-order valence-electron chi connectivity index (χ2n) is 7.04. The van der Waals surface area contributed by atoms with Gasteiger partial charge in [-0.25, -0.2) is 0 Å². The molecule has 0 radical (unpaired) electrons. The zero-order valence-corrected chi connectivity index (χ0v) is 13.2. The lowest BCUT2D eigenvalue weighted by atomic mass is 9.82. The van der Waals surface area contributed by atoms with Gasteiger partial charge in [-0.1, -0.05) is 12.5 Å². The first-order chi connectivity index (χ1) is 9.76. The minimum atomic E-state index is -0.368. The van der Waals surface area contributed by atoms with Gasteiger partial charge in [0.2, 0.25) is 0 Å². The van der Waals surface area contributed by atoms with Crippen LogP contribution in [0.4, 0.5) is 0 Å². The number of fused-ring (bicyclic) bond motifs is 2. The maximum atomic E-state index is 10.9. The molecule has 3 N–H and O–H groups in total. The molecule has 0 spiro atoms. The highest BCUT2D eigenvalue weighted by atomic mass is 35.5. The van der Waals surface area contributed by atoms with E-state index in [1.54, 1.807) is 0 Å². The van der Waals surface area contributed by atoms with Crippen LogP contribution in [-0.4, -0.2) is 10.1 Å². The van der Waals surface area contributed by atoms with Crippen LogP contribution in [0.2, 0.25) is 0 Å². The third-order valence-electron chi connectivity index (χ3n) is 5.72. The maximum absolute atomic E-state index is 10.9. The third kappa shape index (κ3) is 2.71. The van der Waals surface area contributed by atoms with E-state index in [-0.39, 0.29) is 18.5 Å². The Morgan fingerprint density at radius 1 is 1.19 bits per heavy atom. The SMILES string of the molecule is Cl.NCc1ccc(C2CC2)c(C(O)C2CC3CCC2C3)n1. The minimum Gasteiger partial charge on any atom is -0.386 e. The summed E-state index contributed by atoms with van der Waals surface area (Å²) in [6.45, 7) is 0.460. The van der Waals surface area contributed by atoms with Crippen molar-refractivity contribution in [2.45, 2.75) is 57.1 Å². The maximum Gasteiger partial charge on any atom is 0.0993 e. The fraction of sp³-hybridized carbons (Fsp3) is 0.706. The molecular weight excluding hydrogens is 284 g/mol. The smallest absolute Gasteiger partial charge is 0.0993 e. The van der Waals surface area contributed by atoms with Gasteiger partial charge >= 0.3 is 0 Å². The molecule has 0 saturated heterocycles. The van der Waals surface area contributed by atoms with Crippen molar-refractivity contribution in [1.29, 1.82) is 0 Å². The molecule has 0 aromatic carbocycles. The van der Waals surface area contributed by atoms with Gasteiger partial charge in [-0.3, -0.25) is 4.98 Å². The highest BCUT2D eigenvalue weighted by Crippen LogP contribution is 2.53. The van der Waals surface area contributed by atoms with Crippen LogP contribution in [-0.2, 0) is 6.54 Å². The van der Waals surface area contributed by atoms with Crippen molar-refractivity contribution < 1.29 is 5.11 Å². The summed E-state index contributed by atoms with van der Waals surface area (Å²) in [5.41, 5.74) is 8.88. The number of aliphatic hydroxyl groups is 1. The van der Waals surface area contributed by atoms with Crippen LogP contribution in [0.25, 0.3) is 0 Å². The Hall–Kier alpha value is -0.640. The lowest BCUT2D eigenvalue weighted by Crippen LogP contribution is -2.22. The summed E-state index contributed by atoms with van der Waals surface area (Å²) < 4.78 is 0. The summed E-state index contributed by atoms with van der Waals surface area (Å²) in [4.78, 5) is 4.71. The zero-order valence-electron chi connectivity index (χ0n) is 12.4. The Labute approximate surface area is 132 Å². The van der Waals surface area contributed by atoms with Crippen molar-refractivity contribution in [2.75, 3.05) is 0 Å². The minimum absolute atomic E-state index is 0. The standard InChI is InChI=1S/C17H24N2O.ClH/c18-9-13-5-6-14(11-3-4-11)16(19-13)17(20)15-8-10-1-2-12(15)7-10;/h5-6,10-12,15,17,20H,1-4,7-9,18H2;1H. The van der Waals surface area contributed by atoms with Gasteiger partial charge in [0.15, 0.2) is 0 Å². The van der Waals surface area contributed by atoms with Crippen LogP contribution in [0.15, 0.2) is 12.1 Å². The van der Waals surface area contributed by atoms with Crippen LogP contribution >= 0.6 is 12.4 Å². The van der Waals surface area contributed by atoms with Crippen molar-refractivity contribution in [2.24, 2.45) is 23.5 Å². The van der Waals surface area contributed by atoms with Crippen molar-refractivity contribution >= 4 is 12.4 Å². The summed E-state index contributed by atoms with van der Waals surface area (Å²) >= 11 is 0. The van der Waals surface area contributed by atoms with E-state index >= 15 is 0 Å². The number of hydrogen-bond donors (Lipinski definition) is 2. The number of nitrogens with two attached hydrogens (primary N) is 1. The number of nitrogens with zero attached hydrogens (tertiary/aromatic N) is 1. The first kappa shape index (κ1) is 15.3. The Morgan fingerprint density at radius 3 is 2.57 bits per heavy atom. The summed E-state index contributed by atoms with van der Waals surface area (Å²) in [7, 11) is 0. The average molecular weight is 309 g/mol. The van der Waals surface area contributed by atoms with Gasteiger partial charge in [0.25, 0.3) is 0 Å². The van der Waals surface area contributed by atoms with Gasteiger partial charge in [-0.15, -0.1) is 12.4 Å². The van der Waals surface area contributed by atoms with E-state index in [0.29, 0.717) is 18.4 Å². The van der Waals surface area contributed by atoms with Crippen LogP contribution in [0, 0.1) is 17.8 Å². The Morgan fingerprint density at radius 2 is 2.00 bits per heavy atom. The second-order valence-corrected chi connectivity index (χ2v) is 7.04. The second kappa shape index (κ2) is 5.86. The lowest BCUT2D eigenvalue weighted by molar-refractivity contribution is 0.0700. The molecule has 1 aromatic heterocycles. The van der Waals surface area contributed by atoms with Gasteiger partial charge in [-0.05, 0) is 67.4 Å². The van der Waals surface area contributed by atoms with Crippen molar-refractivity contribution in [3.05, 3.63) is 29.1 Å². The van der Waals surface area contributed by atoms with E-state index in [2.05, 4.69) is 6.07 Å². The Bertz CT molecular complexity index is 518. The van der Waals surface area contributed by atoms with Crippen molar-refractivity contribution in [3.8, 4) is 0 Å². The van der Waals surface area contributed by atoms with E-state index in [1.165, 1.54) is 44.1 Å². The van der Waals surface area contributed by atoms with E-state index in [9.17, 15) is 5.11 Å². The molecule has 116 valence electrons. The Kier molecular flexibility index (Phi) is 4.26. The van der Waals surface area contributed by atoms with E-state index in [0.717, 1.165) is 23.2 Å². The predicted octanol–water partition coefficient (Wildman–Crippen LogP) is 3.31. The fourth-order valence-corrected chi connectivity index (χ4v) is 4.50. The fourth-order valence-electron chi connectivity index (χ4n) is 4.50. The number of rotatable bonds is 4. The van der Waals surface area contributed by atoms with Gasteiger partial charge in [0.05, 0.1) is 17.5 Å². The number of halogens is 1. The number of aliphatic hydroxyl groups excluding tert-OH is 1. The first-order valence-electron chi connectivity index (χ1n) is 8.14. The lowest BCUT2D eigenvalue weighted by Gasteiger charge is -2.28. The summed E-state index contributed by atoms with van der Waals surface area (Å²) in [6.07, 6.45) is 7.34. The normalized spacial score (nSPS) is 32.0. The molecule has 4 heteroatoms. The van der Waals surface area contributed by atoms with Gasteiger partial charge in [0, 0.05) is 6.54 Å². The predicted molar refractivity (Wildman–Crippen MR) is 85.2 cm³/mol. The van der Waals surface area contributed by atoms with Gasteiger partial charge in [0.1, 0.15) is 0 Å². The van der Waals surface area contributed by atoms with E-state index in [4.69, 9.17) is 10.7 Å². The molecule has 3 fully saturated rings. The summed E-state index contributed by atoms with van der Waals surface area (Å²) in [5.74, 6) is 2.66. The molecule has 1 aromatic rings. The van der Waals surface area contributed by atoms with E-state index < -0.39 is 0 Å². The molecule has 2 bridgehead atoms. The summed E-state index contributed by atoms with van der Waals surface area (Å²) in [6, 6.07) is 4.20. The molecule has 3 nitrogen and oxygen atoms in total. The van der Waals surface area contributed by atoms with Crippen LogP contribution < -0.4 is 5.73 Å². The van der Waals surface area contributed by atoms with Crippen LogP contribution in [0.3, 0.4) is 0 Å². The molecule has 4 atom stereocenters. The quantitative estimate of drug-likeness (QED) is 0.897. The average Bonchev–Trinajstić information content (AvgIpc) is 3.12. The van der Waals surface area contributed by atoms with Crippen molar-refractivity contribution in [1.82, 2.24) is 4.98 Å². The number of pyridine rings is 1. The molecule has 0 aliphatic heterocycles. The molecule has 3 saturated carbocycles. The molecular formula is C17H25ClN2O.